The number of hydrogen-bond donors (Lipinski definition) is 1. The van der Waals surface area contributed by atoms with Crippen molar-refractivity contribution in [3.05, 3.63) is 69.7 Å². The second kappa shape index (κ2) is 7.18. The Balaban J connectivity index is 1.51. The highest BCUT2D eigenvalue weighted by molar-refractivity contribution is 6.32. The Kier molecular flexibility index (Phi) is 4.55. The van der Waals surface area contributed by atoms with Crippen molar-refractivity contribution in [1.82, 2.24) is 9.55 Å². The zero-order valence-electron chi connectivity index (χ0n) is 14.5. The fraction of sp³-hybridized carbons (Fsp3) is 0.100. The average molecular weight is 393 g/mol. The molecule has 0 fully saturated rings. The van der Waals surface area contributed by atoms with E-state index in [1.54, 1.807) is 12.1 Å². The predicted octanol–water partition coefficient (Wildman–Crippen LogP) is 3.70. The van der Waals surface area contributed by atoms with Crippen molar-refractivity contribution in [2.75, 3.05) is 5.32 Å². The molecule has 0 bridgehead atoms. The molecule has 2 aromatic carbocycles. The Morgan fingerprint density at radius 1 is 1.29 bits per heavy atom. The summed E-state index contributed by atoms with van der Waals surface area (Å²) in [6.07, 6.45) is 1.48. The molecular weight excluding hydrogens is 380 g/mol. The number of nitrogens with zero attached hydrogens (tertiary/aromatic N) is 3. The summed E-state index contributed by atoms with van der Waals surface area (Å²) >= 11 is 5.96. The lowest BCUT2D eigenvalue weighted by Gasteiger charge is -2.07. The Morgan fingerprint density at radius 3 is 2.89 bits per heavy atom. The molecule has 28 heavy (non-hydrogen) atoms. The molecule has 0 radical (unpaired) electrons. The van der Waals surface area contributed by atoms with E-state index in [0.29, 0.717) is 22.4 Å². The van der Waals surface area contributed by atoms with Crippen LogP contribution in [0.4, 0.5) is 5.69 Å². The van der Waals surface area contributed by atoms with Crippen molar-refractivity contribution in [1.29, 1.82) is 5.26 Å². The number of carbonyl (C=O) groups is 1. The number of fused-ring (bicyclic) bond motifs is 3. The number of rotatable bonds is 4. The van der Waals surface area contributed by atoms with Gasteiger partial charge in [0, 0.05) is 24.0 Å². The number of furan rings is 1. The van der Waals surface area contributed by atoms with Gasteiger partial charge in [0.05, 0.1) is 16.9 Å². The van der Waals surface area contributed by atoms with E-state index in [2.05, 4.69) is 10.3 Å². The SMILES string of the molecule is N#Cc1ccc(NC(=O)CCn2cnc3c(oc4ccccc43)c2=O)cc1Cl. The average Bonchev–Trinajstić information content (AvgIpc) is 3.07. The molecule has 0 aliphatic rings. The minimum absolute atomic E-state index is 0.0605. The Labute approximate surface area is 163 Å². The molecule has 2 aromatic heterocycles. The first-order valence-corrected chi connectivity index (χ1v) is 8.81. The lowest BCUT2D eigenvalue weighted by Crippen LogP contribution is -2.23. The van der Waals surface area contributed by atoms with Crippen LogP contribution in [0, 0.1) is 11.3 Å². The van der Waals surface area contributed by atoms with Crippen molar-refractivity contribution >= 4 is 45.3 Å². The number of halogens is 1. The fourth-order valence-corrected chi connectivity index (χ4v) is 3.13. The summed E-state index contributed by atoms with van der Waals surface area (Å²) in [5.41, 5.74) is 1.74. The number of carbonyl (C=O) groups excluding carboxylic acids is 1. The predicted molar refractivity (Wildman–Crippen MR) is 105 cm³/mol. The minimum atomic E-state index is -0.338. The van der Waals surface area contributed by atoms with Gasteiger partial charge in [-0.25, -0.2) is 4.98 Å². The molecule has 7 nitrogen and oxygen atoms in total. The topological polar surface area (TPSA) is 101 Å². The molecule has 138 valence electrons. The smallest absolute Gasteiger partial charge is 0.297 e. The van der Waals surface area contributed by atoms with Gasteiger partial charge in [0.1, 0.15) is 17.2 Å². The van der Waals surface area contributed by atoms with Crippen LogP contribution in [0.1, 0.15) is 12.0 Å². The molecule has 0 aliphatic carbocycles. The van der Waals surface area contributed by atoms with Crippen LogP contribution < -0.4 is 10.9 Å². The van der Waals surface area contributed by atoms with Crippen molar-refractivity contribution in [3.8, 4) is 6.07 Å². The van der Waals surface area contributed by atoms with Crippen molar-refractivity contribution in [3.63, 3.8) is 0 Å². The number of amides is 1. The summed E-state index contributed by atoms with van der Waals surface area (Å²) in [6, 6.07) is 13.9. The fourth-order valence-electron chi connectivity index (χ4n) is 2.90. The van der Waals surface area contributed by atoms with Gasteiger partial charge in [-0.3, -0.25) is 14.2 Å². The second-order valence-electron chi connectivity index (χ2n) is 6.12. The molecule has 0 saturated carbocycles. The van der Waals surface area contributed by atoms with E-state index in [4.69, 9.17) is 21.3 Å². The molecular formula is C20H13ClN4O3. The Bertz CT molecular complexity index is 1320. The highest BCUT2D eigenvalue weighted by Gasteiger charge is 2.13. The molecule has 0 aliphatic heterocycles. The number of benzene rings is 2. The van der Waals surface area contributed by atoms with Gasteiger partial charge in [0.25, 0.3) is 5.56 Å². The van der Waals surface area contributed by atoms with Gasteiger partial charge in [0.15, 0.2) is 0 Å². The summed E-state index contributed by atoms with van der Waals surface area (Å²) in [6.45, 7) is 0.147. The lowest BCUT2D eigenvalue weighted by molar-refractivity contribution is -0.116. The molecule has 0 spiro atoms. The summed E-state index contributed by atoms with van der Waals surface area (Å²) in [7, 11) is 0. The quantitative estimate of drug-likeness (QED) is 0.570. The van der Waals surface area contributed by atoms with Gasteiger partial charge >= 0.3 is 0 Å². The zero-order valence-corrected chi connectivity index (χ0v) is 15.2. The van der Waals surface area contributed by atoms with E-state index in [9.17, 15) is 9.59 Å². The van der Waals surface area contributed by atoms with Gasteiger partial charge in [-0.2, -0.15) is 5.26 Å². The summed E-state index contributed by atoms with van der Waals surface area (Å²) in [5, 5.41) is 12.6. The number of aromatic nitrogens is 2. The van der Waals surface area contributed by atoms with E-state index < -0.39 is 0 Å². The molecule has 0 unspecified atom stereocenters. The van der Waals surface area contributed by atoms with Crippen LogP contribution in [0.25, 0.3) is 22.1 Å². The number of hydrogen-bond acceptors (Lipinski definition) is 5. The van der Waals surface area contributed by atoms with Gasteiger partial charge in [-0.1, -0.05) is 23.7 Å². The summed E-state index contributed by atoms with van der Waals surface area (Å²) < 4.78 is 6.97. The van der Waals surface area contributed by atoms with Gasteiger partial charge in [-0.15, -0.1) is 0 Å². The Morgan fingerprint density at radius 2 is 2.11 bits per heavy atom. The van der Waals surface area contributed by atoms with Gasteiger partial charge < -0.3 is 9.73 Å². The molecule has 2 heterocycles. The maximum absolute atomic E-state index is 12.6. The standard InChI is InChI=1S/C20H13ClN4O3/c21-15-9-13(6-5-12(15)10-22)24-17(26)7-8-25-11-23-18-14-3-1-2-4-16(14)28-19(18)20(25)27/h1-6,9,11H,7-8H2,(H,24,26). The lowest BCUT2D eigenvalue weighted by atomic mass is 10.2. The minimum Gasteiger partial charge on any atom is -0.448 e. The van der Waals surface area contributed by atoms with E-state index in [1.165, 1.54) is 23.0 Å². The highest BCUT2D eigenvalue weighted by atomic mass is 35.5. The van der Waals surface area contributed by atoms with Crippen molar-refractivity contribution in [2.45, 2.75) is 13.0 Å². The van der Waals surface area contributed by atoms with Crippen LogP contribution in [0.5, 0.6) is 0 Å². The van der Waals surface area contributed by atoms with Crippen molar-refractivity contribution in [2.24, 2.45) is 0 Å². The van der Waals surface area contributed by atoms with Crippen LogP contribution in [0.15, 0.2) is 58.0 Å². The van der Waals surface area contributed by atoms with E-state index in [0.717, 1.165) is 5.39 Å². The van der Waals surface area contributed by atoms with Gasteiger partial charge in [-0.05, 0) is 30.3 Å². The molecule has 1 N–H and O–H groups in total. The number of nitriles is 1. The zero-order chi connectivity index (χ0) is 19.7. The Hall–Kier alpha value is -3.63. The molecule has 1 amide bonds. The number of anilines is 1. The van der Waals surface area contributed by atoms with Crippen LogP contribution in [0.3, 0.4) is 0 Å². The molecule has 4 rings (SSSR count). The summed E-state index contributed by atoms with van der Waals surface area (Å²) in [4.78, 5) is 29.1. The van der Waals surface area contributed by atoms with Crippen LogP contribution in [-0.2, 0) is 11.3 Å². The first-order chi connectivity index (χ1) is 13.6. The van der Waals surface area contributed by atoms with Crippen molar-refractivity contribution < 1.29 is 9.21 Å². The van der Waals surface area contributed by atoms with Crippen LogP contribution >= 0.6 is 11.6 Å². The maximum atomic E-state index is 12.6. The van der Waals surface area contributed by atoms with E-state index in [1.807, 2.05) is 24.3 Å². The third-order valence-electron chi connectivity index (χ3n) is 4.30. The normalized spacial score (nSPS) is 10.9. The first-order valence-electron chi connectivity index (χ1n) is 8.43. The molecule has 0 saturated heterocycles. The van der Waals surface area contributed by atoms with Gasteiger partial charge in [0.2, 0.25) is 11.5 Å². The number of nitrogens with one attached hydrogen (secondary N) is 1. The van der Waals surface area contributed by atoms with Crippen LogP contribution in [0.2, 0.25) is 5.02 Å². The third kappa shape index (κ3) is 3.21. The monoisotopic (exact) mass is 392 g/mol. The second-order valence-corrected chi connectivity index (χ2v) is 6.53. The molecule has 8 heteroatoms. The number of para-hydroxylation sites is 1. The molecule has 0 atom stereocenters. The molecule has 4 aromatic rings. The van der Waals surface area contributed by atoms with E-state index >= 15 is 0 Å². The first kappa shape index (κ1) is 17.8. The largest absolute Gasteiger partial charge is 0.448 e. The maximum Gasteiger partial charge on any atom is 0.297 e. The number of aryl methyl sites for hydroxylation is 1. The summed E-state index contributed by atoms with van der Waals surface area (Å²) in [5.74, 6) is -0.294. The third-order valence-corrected chi connectivity index (χ3v) is 4.62. The van der Waals surface area contributed by atoms with Crippen LogP contribution in [-0.4, -0.2) is 15.5 Å². The highest BCUT2D eigenvalue weighted by Crippen LogP contribution is 2.24. The van der Waals surface area contributed by atoms with E-state index in [-0.39, 0.29) is 35.0 Å².